The van der Waals surface area contributed by atoms with Crippen molar-refractivity contribution in [2.75, 3.05) is 23.5 Å². The molecule has 0 amide bonds. The van der Waals surface area contributed by atoms with Crippen molar-refractivity contribution in [3.8, 4) is 0 Å². The Morgan fingerprint density at radius 1 is 1.06 bits per heavy atom. The highest BCUT2D eigenvalue weighted by molar-refractivity contribution is 5.80. The van der Waals surface area contributed by atoms with Crippen LogP contribution in [0.1, 0.15) is 5.56 Å². The van der Waals surface area contributed by atoms with Crippen molar-refractivity contribution in [1.82, 2.24) is 4.98 Å². The first kappa shape index (κ1) is 10.1. The van der Waals surface area contributed by atoms with Gasteiger partial charge in [0.05, 0.1) is 12.4 Å². The summed E-state index contributed by atoms with van der Waals surface area (Å²) in [6, 6.07) is 12.6. The lowest BCUT2D eigenvalue weighted by molar-refractivity contribution is 0.935. The molecule has 0 aliphatic carbocycles. The van der Waals surface area contributed by atoms with Crippen molar-refractivity contribution in [3.05, 3.63) is 48.2 Å². The fraction of sp³-hybridized carbons (Fsp3) is 0.214. The summed E-state index contributed by atoms with van der Waals surface area (Å²) in [5, 5.41) is 0. The molecule has 2 heterocycles. The normalized spacial score (nSPS) is 14.0. The third-order valence-electron chi connectivity index (χ3n) is 3.18. The van der Waals surface area contributed by atoms with E-state index in [-0.39, 0.29) is 0 Å². The van der Waals surface area contributed by atoms with E-state index in [1.54, 1.807) is 0 Å². The Kier molecular flexibility index (Phi) is 2.25. The summed E-state index contributed by atoms with van der Waals surface area (Å²) in [6.45, 7) is 3.00. The van der Waals surface area contributed by atoms with Crippen molar-refractivity contribution < 1.29 is 0 Å². The van der Waals surface area contributed by atoms with Gasteiger partial charge in [-0.25, -0.2) is 4.98 Å². The van der Waals surface area contributed by atoms with Gasteiger partial charge in [0.2, 0.25) is 0 Å². The molecule has 0 fully saturated rings. The molecule has 0 saturated heterocycles. The minimum atomic E-state index is 0.858. The van der Waals surface area contributed by atoms with Crippen LogP contribution in [0.15, 0.2) is 42.6 Å². The van der Waals surface area contributed by atoms with E-state index < -0.39 is 0 Å². The van der Waals surface area contributed by atoms with Gasteiger partial charge in [0, 0.05) is 18.9 Å². The van der Waals surface area contributed by atoms with Crippen molar-refractivity contribution in [2.45, 2.75) is 6.92 Å². The number of hydrogen-bond donors (Lipinski definition) is 0. The molecular formula is C14H15N3. The number of aromatic nitrogens is 1. The number of pyridine rings is 1. The van der Waals surface area contributed by atoms with Gasteiger partial charge >= 0.3 is 0 Å². The number of fused-ring (bicyclic) bond motifs is 1. The van der Waals surface area contributed by atoms with E-state index in [0.29, 0.717) is 0 Å². The maximum atomic E-state index is 4.43. The van der Waals surface area contributed by atoms with E-state index in [0.717, 1.165) is 12.5 Å². The van der Waals surface area contributed by atoms with E-state index in [4.69, 9.17) is 0 Å². The lowest BCUT2D eigenvalue weighted by Gasteiger charge is -2.21. The zero-order valence-corrected chi connectivity index (χ0v) is 10.1. The number of aryl methyl sites for hydroxylation is 1. The second kappa shape index (κ2) is 3.77. The number of para-hydroxylation sites is 1. The van der Waals surface area contributed by atoms with Gasteiger partial charge in [-0.2, -0.15) is 0 Å². The molecule has 0 unspecified atom stereocenters. The molecule has 1 aromatic carbocycles. The molecule has 17 heavy (non-hydrogen) atoms. The van der Waals surface area contributed by atoms with Crippen LogP contribution in [0.25, 0.3) is 0 Å². The maximum Gasteiger partial charge on any atom is 0.153 e. The third kappa shape index (κ3) is 1.55. The highest BCUT2D eigenvalue weighted by Gasteiger charge is 2.25. The summed E-state index contributed by atoms with van der Waals surface area (Å²) >= 11 is 0. The minimum Gasteiger partial charge on any atom is -0.340 e. The van der Waals surface area contributed by atoms with Crippen LogP contribution in [0.3, 0.4) is 0 Å². The molecule has 3 heteroatoms. The quantitative estimate of drug-likeness (QED) is 0.744. The molecule has 0 spiro atoms. The smallest absolute Gasteiger partial charge is 0.153 e. The largest absolute Gasteiger partial charge is 0.340 e. The van der Waals surface area contributed by atoms with Crippen LogP contribution in [0.4, 0.5) is 17.2 Å². The molecule has 3 rings (SSSR count). The standard InChI is InChI=1S/C14H15N3/c1-11-6-3-4-7-12(11)17-10-16(2)14-13(17)8-5-9-15-14/h3-9H,10H2,1-2H3. The average molecular weight is 225 g/mol. The number of rotatable bonds is 1. The van der Waals surface area contributed by atoms with Crippen molar-refractivity contribution >= 4 is 17.2 Å². The number of anilines is 3. The number of hydrogen-bond acceptors (Lipinski definition) is 3. The molecule has 2 aromatic rings. The Balaban J connectivity index is 2.11. The van der Waals surface area contributed by atoms with Gasteiger partial charge in [-0.15, -0.1) is 0 Å². The molecule has 0 radical (unpaired) electrons. The molecule has 0 atom stereocenters. The lowest BCUT2D eigenvalue weighted by atomic mass is 10.2. The van der Waals surface area contributed by atoms with E-state index >= 15 is 0 Å². The minimum absolute atomic E-state index is 0.858. The first-order valence-corrected chi connectivity index (χ1v) is 5.76. The zero-order valence-electron chi connectivity index (χ0n) is 10.1. The van der Waals surface area contributed by atoms with Crippen LogP contribution < -0.4 is 9.80 Å². The summed E-state index contributed by atoms with van der Waals surface area (Å²) in [5.74, 6) is 1.05. The Morgan fingerprint density at radius 2 is 1.82 bits per heavy atom. The lowest BCUT2D eigenvalue weighted by Crippen LogP contribution is -2.24. The Bertz CT molecular complexity index is 551. The summed E-state index contributed by atoms with van der Waals surface area (Å²) in [5.41, 5.74) is 3.73. The van der Waals surface area contributed by atoms with Crippen molar-refractivity contribution in [1.29, 1.82) is 0 Å². The fourth-order valence-corrected chi connectivity index (χ4v) is 2.32. The molecule has 3 nitrogen and oxygen atoms in total. The van der Waals surface area contributed by atoms with Gasteiger partial charge in [0.1, 0.15) is 0 Å². The molecule has 0 saturated carbocycles. The molecule has 1 aromatic heterocycles. The Hall–Kier alpha value is -2.03. The molecule has 1 aliphatic rings. The first-order valence-electron chi connectivity index (χ1n) is 5.76. The average Bonchev–Trinajstić information content (AvgIpc) is 2.68. The summed E-state index contributed by atoms with van der Waals surface area (Å²) in [7, 11) is 2.07. The Labute approximate surface area is 101 Å². The Morgan fingerprint density at radius 3 is 2.65 bits per heavy atom. The third-order valence-corrected chi connectivity index (χ3v) is 3.18. The van der Waals surface area contributed by atoms with Gasteiger partial charge in [-0.3, -0.25) is 0 Å². The van der Waals surface area contributed by atoms with Crippen LogP contribution in [0.2, 0.25) is 0 Å². The van der Waals surface area contributed by atoms with E-state index in [1.807, 2.05) is 12.3 Å². The van der Waals surface area contributed by atoms with Gasteiger partial charge < -0.3 is 9.80 Å². The maximum absolute atomic E-state index is 4.43. The monoisotopic (exact) mass is 225 g/mol. The van der Waals surface area contributed by atoms with Gasteiger partial charge in [-0.05, 0) is 30.7 Å². The van der Waals surface area contributed by atoms with Crippen molar-refractivity contribution in [3.63, 3.8) is 0 Å². The highest BCUT2D eigenvalue weighted by Crippen LogP contribution is 2.38. The van der Waals surface area contributed by atoms with Gasteiger partial charge in [-0.1, -0.05) is 18.2 Å². The topological polar surface area (TPSA) is 19.4 Å². The molecule has 0 bridgehead atoms. The van der Waals surface area contributed by atoms with E-state index in [2.05, 4.69) is 59.1 Å². The van der Waals surface area contributed by atoms with Gasteiger partial charge in [0.15, 0.2) is 5.82 Å². The van der Waals surface area contributed by atoms with Crippen LogP contribution in [0, 0.1) is 6.92 Å². The van der Waals surface area contributed by atoms with Crippen LogP contribution in [-0.2, 0) is 0 Å². The first-order chi connectivity index (χ1) is 8.27. The second-order valence-electron chi connectivity index (χ2n) is 4.40. The fourth-order valence-electron chi connectivity index (χ4n) is 2.32. The number of benzene rings is 1. The summed E-state index contributed by atoms with van der Waals surface area (Å²) in [4.78, 5) is 8.90. The predicted molar refractivity (Wildman–Crippen MR) is 70.8 cm³/mol. The van der Waals surface area contributed by atoms with Crippen LogP contribution in [0.5, 0.6) is 0 Å². The molecule has 1 aliphatic heterocycles. The van der Waals surface area contributed by atoms with E-state index in [9.17, 15) is 0 Å². The zero-order chi connectivity index (χ0) is 11.8. The summed E-state index contributed by atoms with van der Waals surface area (Å²) in [6.07, 6.45) is 1.84. The second-order valence-corrected chi connectivity index (χ2v) is 4.40. The van der Waals surface area contributed by atoms with Gasteiger partial charge in [0.25, 0.3) is 0 Å². The molecule has 0 N–H and O–H groups in total. The predicted octanol–water partition coefficient (Wildman–Crippen LogP) is 2.94. The molecule has 86 valence electrons. The molecular weight excluding hydrogens is 210 g/mol. The van der Waals surface area contributed by atoms with Crippen LogP contribution >= 0.6 is 0 Å². The van der Waals surface area contributed by atoms with Crippen LogP contribution in [-0.4, -0.2) is 18.7 Å². The highest BCUT2D eigenvalue weighted by atomic mass is 15.4. The number of nitrogens with zero attached hydrogens (tertiary/aromatic N) is 3. The van der Waals surface area contributed by atoms with Crippen molar-refractivity contribution in [2.24, 2.45) is 0 Å². The SMILES string of the molecule is Cc1ccccc1N1CN(C)c2ncccc21. The summed E-state index contributed by atoms with van der Waals surface area (Å²) < 4.78 is 0. The van der Waals surface area contributed by atoms with E-state index in [1.165, 1.54) is 16.9 Å².